The highest BCUT2D eigenvalue weighted by Gasteiger charge is 2.22. The van der Waals surface area contributed by atoms with Gasteiger partial charge in [-0.25, -0.2) is 9.67 Å². The first kappa shape index (κ1) is 10.2. The SMILES string of the molecule is Cn1nc(C(C)(C)C)nc1C(=O)Cl. The number of hydrogen-bond donors (Lipinski definition) is 0. The van der Waals surface area contributed by atoms with Gasteiger partial charge in [-0.15, -0.1) is 0 Å². The van der Waals surface area contributed by atoms with Crippen molar-refractivity contribution in [3.05, 3.63) is 11.6 Å². The van der Waals surface area contributed by atoms with E-state index < -0.39 is 5.24 Å². The largest absolute Gasteiger partial charge is 0.289 e. The van der Waals surface area contributed by atoms with Crippen molar-refractivity contribution in [1.82, 2.24) is 14.8 Å². The van der Waals surface area contributed by atoms with E-state index in [2.05, 4.69) is 10.1 Å². The predicted octanol–water partition coefficient (Wildman–Crippen LogP) is 1.49. The zero-order valence-corrected chi connectivity index (χ0v) is 8.88. The van der Waals surface area contributed by atoms with Gasteiger partial charge in [-0.1, -0.05) is 20.8 Å². The van der Waals surface area contributed by atoms with Gasteiger partial charge >= 0.3 is 0 Å². The summed E-state index contributed by atoms with van der Waals surface area (Å²) in [7, 11) is 1.65. The molecule has 0 fully saturated rings. The van der Waals surface area contributed by atoms with Crippen molar-refractivity contribution >= 4 is 16.8 Å². The average molecular weight is 202 g/mol. The van der Waals surface area contributed by atoms with E-state index in [1.165, 1.54) is 4.68 Å². The monoisotopic (exact) mass is 201 g/mol. The van der Waals surface area contributed by atoms with E-state index in [9.17, 15) is 4.79 Å². The summed E-state index contributed by atoms with van der Waals surface area (Å²) in [5.41, 5.74) is -0.164. The number of carbonyl (C=O) groups is 1. The van der Waals surface area contributed by atoms with Crippen LogP contribution in [0.2, 0.25) is 0 Å². The maximum atomic E-state index is 10.8. The second kappa shape index (κ2) is 3.10. The summed E-state index contributed by atoms with van der Waals surface area (Å²) in [4.78, 5) is 14.9. The number of aromatic nitrogens is 3. The third kappa shape index (κ3) is 2.06. The molecule has 0 unspecified atom stereocenters. The van der Waals surface area contributed by atoms with Gasteiger partial charge in [-0.3, -0.25) is 4.79 Å². The van der Waals surface area contributed by atoms with Crippen LogP contribution in [0.4, 0.5) is 0 Å². The predicted molar refractivity (Wildman–Crippen MR) is 49.9 cm³/mol. The minimum Gasteiger partial charge on any atom is -0.272 e. The molecule has 1 rings (SSSR count). The summed E-state index contributed by atoms with van der Waals surface area (Å²) in [6.07, 6.45) is 0. The fourth-order valence-electron chi connectivity index (χ4n) is 0.873. The average Bonchev–Trinajstić information content (AvgIpc) is 2.29. The molecule has 1 aromatic heterocycles. The Morgan fingerprint density at radius 3 is 2.23 bits per heavy atom. The van der Waals surface area contributed by atoms with Crippen LogP contribution >= 0.6 is 11.6 Å². The van der Waals surface area contributed by atoms with E-state index >= 15 is 0 Å². The summed E-state index contributed by atoms with van der Waals surface area (Å²) in [5.74, 6) is 0.811. The first-order valence-electron chi connectivity index (χ1n) is 3.93. The smallest absolute Gasteiger partial charge is 0.272 e. The van der Waals surface area contributed by atoms with Crippen LogP contribution in [0.25, 0.3) is 0 Å². The van der Waals surface area contributed by atoms with Gasteiger partial charge in [0.15, 0.2) is 5.82 Å². The van der Waals surface area contributed by atoms with Gasteiger partial charge < -0.3 is 0 Å². The molecule has 0 spiro atoms. The highest BCUT2D eigenvalue weighted by atomic mass is 35.5. The second-order valence-electron chi connectivity index (χ2n) is 3.91. The molecule has 1 aromatic rings. The highest BCUT2D eigenvalue weighted by molar-refractivity contribution is 6.67. The molecule has 5 heteroatoms. The lowest BCUT2D eigenvalue weighted by Crippen LogP contribution is -2.13. The van der Waals surface area contributed by atoms with Crippen molar-refractivity contribution in [1.29, 1.82) is 0 Å². The highest BCUT2D eigenvalue weighted by Crippen LogP contribution is 2.18. The van der Waals surface area contributed by atoms with Gasteiger partial charge in [0, 0.05) is 12.5 Å². The Bertz CT molecular complexity index is 338. The fraction of sp³-hybridized carbons (Fsp3) is 0.625. The van der Waals surface area contributed by atoms with Crippen LogP contribution in [-0.2, 0) is 12.5 Å². The number of halogens is 1. The zero-order valence-electron chi connectivity index (χ0n) is 8.13. The van der Waals surface area contributed by atoms with E-state index in [1.807, 2.05) is 20.8 Å². The Balaban J connectivity index is 3.17. The maximum Gasteiger partial charge on any atom is 0.289 e. The fourth-order valence-corrected chi connectivity index (χ4v) is 1.04. The van der Waals surface area contributed by atoms with E-state index in [0.717, 1.165) is 0 Å². The number of aryl methyl sites for hydroxylation is 1. The van der Waals surface area contributed by atoms with Crippen LogP contribution in [0.15, 0.2) is 0 Å². The lowest BCUT2D eigenvalue weighted by molar-refractivity contribution is 0.106. The van der Waals surface area contributed by atoms with E-state index in [-0.39, 0.29) is 11.2 Å². The second-order valence-corrected chi connectivity index (χ2v) is 4.25. The molecule has 0 aliphatic heterocycles. The van der Waals surface area contributed by atoms with Crippen LogP contribution in [-0.4, -0.2) is 20.0 Å². The van der Waals surface area contributed by atoms with Crippen LogP contribution in [0.1, 0.15) is 37.2 Å². The number of nitrogens with zero attached hydrogens (tertiary/aromatic N) is 3. The lowest BCUT2D eigenvalue weighted by atomic mass is 9.96. The minimum atomic E-state index is -0.578. The molecule has 72 valence electrons. The van der Waals surface area contributed by atoms with Crippen LogP contribution in [0.3, 0.4) is 0 Å². The topological polar surface area (TPSA) is 47.8 Å². The zero-order chi connectivity index (χ0) is 10.2. The molecule has 4 nitrogen and oxygen atoms in total. The molecule has 0 aliphatic carbocycles. The Labute approximate surface area is 81.9 Å². The molecule has 0 atom stereocenters. The third-order valence-electron chi connectivity index (χ3n) is 1.61. The normalized spacial score (nSPS) is 11.8. The van der Waals surface area contributed by atoms with Crippen molar-refractivity contribution in [3.63, 3.8) is 0 Å². The van der Waals surface area contributed by atoms with Gasteiger partial charge in [-0.05, 0) is 11.6 Å². The molecule has 0 aliphatic rings. The molecular formula is C8H12ClN3O. The lowest BCUT2D eigenvalue weighted by Gasteiger charge is -2.11. The molecule has 13 heavy (non-hydrogen) atoms. The van der Waals surface area contributed by atoms with E-state index in [4.69, 9.17) is 11.6 Å². The summed E-state index contributed by atoms with van der Waals surface area (Å²) in [5, 5.41) is 3.53. The summed E-state index contributed by atoms with van der Waals surface area (Å²) >= 11 is 5.31. The van der Waals surface area contributed by atoms with Gasteiger partial charge in [0.2, 0.25) is 5.82 Å². The van der Waals surface area contributed by atoms with Gasteiger partial charge in [0.05, 0.1) is 0 Å². The van der Waals surface area contributed by atoms with Crippen molar-refractivity contribution in [2.24, 2.45) is 7.05 Å². The molecule has 0 saturated heterocycles. The maximum absolute atomic E-state index is 10.8. The molecule has 0 amide bonds. The minimum absolute atomic E-state index is 0.164. The molecule has 0 bridgehead atoms. The molecule has 0 saturated carbocycles. The van der Waals surface area contributed by atoms with Gasteiger partial charge in [0.1, 0.15) is 0 Å². The van der Waals surface area contributed by atoms with Gasteiger partial charge in [-0.2, -0.15) is 5.10 Å². The standard InChI is InChI=1S/C8H12ClN3O/c1-8(2,3)7-10-6(5(9)13)12(4)11-7/h1-4H3. The number of hydrogen-bond acceptors (Lipinski definition) is 3. The molecular weight excluding hydrogens is 190 g/mol. The van der Waals surface area contributed by atoms with Crippen LogP contribution in [0.5, 0.6) is 0 Å². The Morgan fingerprint density at radius 1 is 1.46 bits per heavy atom. The van der Waals surface area contributed by atoms with Crippen LogP contribution < -0.4 is 0 Å². The first-order chi connectivity index (χ1) is 5.82. The Kier molecular flexibility index (Phi) is 2.43. The summed E-state index contributed by atoms with van der Waals surface area (Å²) < 4.78 is 1.40. The van der Waals surface area contributed by atoms with Crippen LogP contribution in [0, 0.1) is 0 Å². The number of rotatable bonds is 1. The van der Waals surface area contributed by atoms with E-state index in [0.29, 0.717) is 5.82 Å². The third-order valence-corrected chi connectivity index (χ3v) is 1.78. The Hall–Kier alpha value is -0.900. The Morgan fingerprint density at radius 2 is 2.00 bits per heavy atom. The first-order valence-corrected chi connectivity index (χ1v) is 4.31. The quantitative estimate of drug-likeness (QED) is 0.647. The van der Waals surface area contributed by atoms with E-state index in [1.54, 1.807) is 7.05 Å². The molecule has 0 radical (unpaired) electrons. The van der Waals surface area contributed by atoms with Gasteiger partial charge in [0.25, 0.3) is 5.24 Å². The van der Waals surface area contributed by atoms with Crippen molar-refractivity contribution < 1.29 is 4.79 Å². The molecule has 1 heterocycles. The molecule has 0 aromatic carbocycles. The number of carbonyl (C=O) groups excluding carboxylic acids is 1. The summed E-state index contributed by atoms with van der Waals surface area (Å²) in [6, 6.07) is 0. The van der Waals surface area contributed by atoms with Crippen molar-refractivity contribution in [2.75, 3.05) is 0 Å². The van der Waals surface area contributed by atoms with Crippen molar-refractivity contribution in [2.45, 2.75) is 26.2 Å². The summed E-state index contributed by atoms with van der Waals surface area (Å²) in [6.45, 7) is 5.93. The molecule has 0 N–H and O–H groups in total. The van der Waals surface area contributed by atoms with Crippen molar-refractivity contribution in [3.8, 4) is 0 Å².